The quantitative estimate of drug-likeness (QED) is 0.769. The molecular formula is C14H19BrClN4OP. The SMILES string of the molecule is CN(P)c1ncc(Br)c(N2CCC3(CCNC3=O)CC2)c1Cl. The highest BCUT2D eigenvalue weighted by Crippen LogP contribution is 2.44. The van der Waals surface area contributed by atoms with E-state index in [0.29, 0.717) is 5.02 Å². The third-order valence-corrected chi connectivity index (χ3v) is 5.85. The lowest BCUT2D eigenvalue weighted by Crippen LogP contribution is -2.44. The maximum absolute atomic E-state index is 12.1. The second-order valence-corrected chi connectivity index (χ2v) is 7.98. The molecule has 3 rings (SSSR count). The molecule has 1 amide bonds. The van der Waals surface area contributed by atoms with Crippen LogP contribution in [0.3, 0.4) is 0 Å². The Morgan fingerprint density at radius 2 is 2.14 bits per heavy atom. The van der Waals surface area contributed by atoms with Crippen LogP contribution in [0.25, 0.3) is 0 Å². The van der Waals surface area contributed by atoms with Crippen LogP contribution in [-0.2, 0) is 4.79 Å². The van der Waals surface area contributed by atoms with Gasteiger partial charge in [-0.3, -0.25) is 4.79 Å². The van der Waals surface area contributed by atoms with Gasteiger partial charge >= 0.3 is 0 Å². The number of nitrogens with one attached hydrogen (secondary N) is 1. The lowest BCUT2D eigenvalue weighted by Gasteiger charge is -2.39. The lowest BCUT2D eigenvalue weighted by molar-refractivity contribution is -0.128. The number of halogens is 2. The van der Waals surface area contributed by atoms with Crippen LogP contribution in [0.2, 0.25) is 5.02 Å². The van der Waals surface area contributed by atoms with Crippen molar-refractivity contribution in [2.75, 3.05) is 36.3 Å². The number of pyridine rings is 1. The highest BCUT2D eigenvalue weighted by atomic mass is 79.9. The van der Waals surface area contributed by atoms with E-state index < -0.39 is 0 Å². The van der Waals surface area contributed by atoms with Crippen LogP contribution in [-0.4, -0.2) is 37.6 Å². The molecule has 2 saturated heterocycles. The largest absolute Gasteiger partial charge is 0.369 e. The van der Waals surface area contributed by atoms with Crippen LogP contribution in [0.15, 0.2) is 10.7 Å². The molecule has 120 valence electrons. The summed E-state index contributed by atoms with van der Waals surface area (Å²) in [5, 5.41) is 3.61. The molecule has 2 fully saturated rings. The maximum atomic E-state index is 12.1. The van der Waals surface area contributed by atoms with Gasteiger partial charge in [-0.1, -0.05) is 11.6 Å². The average molecular weight is 406 g/mol. The van der Waals surface area contributed by atoms with Crippen LogP contribution >= 0.6 is 36.9 Å². The smallest absolute Gasteiger partial charge is 0.226 e. The van der Waals surface area contributed by atoms with Crippen molar-refractivity contribution in [2.24, 2.45) is 5.41 Å². The maximum Gasteiger partial charge on any atom is 0.226 e. The molecule has 2 aliphatic heterocycles. The molecule has 22 heavy (non-hydrogen) atoms. The molecule has 0 saturated carbocycles. The van der Waals surface area contributed by atoms with E-state index >= 15 is 0 Å². The van der Waals surface area contributed by atoms with Gasteiger partial charge < -0.3 is 14.9 Å². The van der Waals surface area contributed by atoms with Crippen LogP contribution in [0.1, 0.15) is 19.3 Å². The summed E-state index contributed by atoms with van der Waals surface area (Å²) < 4.78 is 2.72. The van der Waals surface area contributed by atoms with E-state index in [9.17, 15) is 4.79 Å². The summed E-state index contributed by atoms with van der Waals surface area (Å²) in [5.41, 5.74) is 0.803. The Labute approximate surface area is 146 Å². The number of aromatic nitrogens is 1. The van der Waals surface area contributed by atoms with E-state index in [4.69, 9.17) is 11.6 Å². The number of hydrogen-bond acceptors (Lipinski definition) is 4. The molecule has 1 unspecified atom stereocenters. The van der Waals surface area contributed by atoms with Crippen LogP contribution < -0.4 is 14.9 Å². The Morgan fingerprint density at radius 1 is 1.45 bits per heavy atom. The van der Waals surface area contributed by atoms with Gasteiger partial charge in [0.25, 0.3) is 0 Å². The molecule has 0 aliphatic carbocycles. The standard InChI is InChI=1S/C14H19BrClN4OP/c1-19(22)12-10(16)11(9(15)8-18-12)20-6-3-14(4-7-20)2-5-17-13(14)21/h8H,2-7,22H2,1H3,(H,17,21). The molecule has 8 heteroatoms. The number of amides is 1. The minimum atomic E-state index is -0.164. The molecule has 3 heterocycles. The average Bonchev–Trinajstić information content (AvgIpc) is 2.82. The zero-order chi connectivity index (χ0) is 15.9. The van der Waals surface area contributed by atoms with Crippen molar-refractivity contribution in [2.45, 2.75) is 19.3 Å². The summed E-state index contributed by atoms with van der Waals surface area (Å²) in [6.07, 6.45) is 4.47. The second-order valence-electron chi connectivity index (χ2n) is 5.98. The van der Waals surface area contributed by atoms with Crippen molar-refractivity contribution < 1.29 is 4.79 Å². The van der Waals surface area contributed by atoms with Crippen LogP contribution in [0.4, 0.5) is 11.5 Å². The van der Waals surface area contributed by atoms with E-state index in [0.717, 1.165) is 54.9 Å². The molecule has 0 aromatic carbocycles. The number of nitrogens with zero attached hydrogens (tertiary/aromatic N) is 3. The molecule has 1 aromatic heterocycles. The predicted octanol–water partition coefficient (Wildman–Crippen LogP) is 2.83. The van der Waals surface area contributed by atoms with Crippen molar-refractivity contribution in [1.82, 2.24) is 10.3 Å². The Hall–Kier alpha value is -0.580. The third kappa shape index (κ3) is 2.70. The topological polar surface area (TPSA) is 48.5 Å². The summed E-state index contributed by atoms with van der Waals surface area (Å²) in [6, 6.07) is 0. The zero-order valence-corrected chi connectivity index (χ0v) is 15.9. The van der Waals surface area contributed by atoms with E-state index in [2.05, 4.69) is 40.5 Å². The first-order chi connectivity index (χ1) is 10.4. The van der Waals surface area contributed by atoms with E-state index in [-0.39, 0.29) is 11.3 Å². The van der Waals surface area contributed by atoms with Gasteiger partial charge in [-0.15, -0.1) is 0 Å². The van der Waals surface area contributed by atoms with Gasteiger partial charge in [0, 0.05) is 32.9 Å². The first-order valence-electron chi connectivity index (χ1n) is 7.30. The lowest BCUT2D eigenvalue weighted by atomic mass is 9.77. The highest BCUT2D eigenvalue weighted by Gasteiger charge is 2.44. The first-order valence-corrected chi connectivity index (χ1v) is 8.99. The zero-order valence-electron chi connectivity index (χ0n) is 12.4. The van der Waals surface area contributed by atoms with Gasteiger partial charge in [0.15, 0.2) is 5.82 Å². The highest BCUT2D eigenvalue weighted by molar-refractivity contribution is 9.10. The number of hydrogen-bond donors (Lipinski definition) is 1. The molecule has 1 aromatic rings. The van der Waals surface area contributed by atoms with Gasteiger partial charge in [0.1, 0.15) is 5.02 Å². The number of piperidine rings is 1. The molecular weight excluding hydrogens is 387 g/mol. The van der Waals surface area contributed by atoms with Gasteiger partial charge in [-0.25, -0.2) is 4.98 Å². The van der Waals surface area contributed by atoms with Gasteiger partial charge in [0.2, 0.25) is 5.91 Å². The number of anilines is 2. The molecule has 0 radical (unpaired) electrons. The van der Waals surface area contributed by atoms with Gasteiger partial charge in [-0.2, -0.15) is 0 Å². The van der Waals surface area contributed by atoms with Crippen LogP contribution in [0, 0.1) is 5.41 Å². The number of carbonyl (C=O) groups is 1. The normalized spacial score (nSPS) is 20.4. The summed E-state index contributed by atoms with van der Waals surface area (Å²) in [6.45, 7) is 2.46. The van der Waals surface area contributed by atoms with Gasteiger partial charge in [0.05, 0.1) is 15.6 Å². The molecule has 1 atom stereocenters. The number of rotatable bonds is 2. The third-order valence-electron chi connectivity index (χ3n) is 4.67. The Morgan fingerprint density at radius 3 is 2.68 bits per heavy atom. The molecule has 1 N–H and O–H groups in total. The minimum Gasteiger partial charge on any atom is -0.369 e. The van der Waals surface area contributed by atoms with E-state index in [1.165, 1.54) is 0 Å². The first kappa shape index (κ1) is 16.3. The number of carbonyl (C=O) groups excluding carboxylic acids is 1. The summed E-state index contributed by atoms with van der Waals surface area (Å²) >= 11 is 10.1. The Bertz CT molecular complexity index is 605. The van der Waals surface area contributed by atoms with E-state index in [1.807, 2.05) is 11.7 Å². The summed E-state index contributed by atoms with van der Waals surface area (Å²) in [7, 11) is 4.46. The molecule has 1 spiro atoms. The Balaban J connectivity index is 1.85. The van der Waals surface area contributed by atoms with Crippen molar-refractivity contribution >= 4 is 54.3 Å². The summed E-state index contributed by atoms with van der Waals surface area (Å²) in [5.74, 6) is 0.946. The van der Waals surface area contributed by atoms with E-state index in [1.54, 1.807) is 6.20 Å². The fraction of sp³-hybridized carbons (Fsp3) is 0.571. The van der Waals surface area contributed by atoms with Crippen molar-refractivity contribution in [3.63, 3.8) is 0 Å². The van der Waals surface area contributed by atoms with Crippen LogP contribution in [0.5, 0.6) is 0 Å². The Kier molecular flexibility index (Phi) is 4.54. The predicted molar refractivity (Wildman–Crippen MR) is 96.6 cm³/mol. The minimum absolute atomic E-state index is 0.164. The van der Waals surface area contributed by atoms with Crippen molar-refractivity contribution in [3.05, 3.63) is 15.7 Å². The summed E-state index contributed by atoms with van der Waals surface area (Å²) in [4.78, 5) is 18.7. The van der Waals surface area contributed by atoms with Crippen molar-refractivity contribution in [1.29, 1.82) is 0 Å². The fourth-order valence-corrected chi connectivity index (χ4v) is 4.68. The fourth-order valence-electron chi connectivity index (χ4n) is 3.33. The second kappa shape index (κ2) is 6.14. The van der Waals surface area contributed by atoms with Gasteiger partial charge in [-0.05, 0) is 44.6 Å². The molecule has 0 bridgehead atoms. The van der Waals surface area contributed by atoms with Crippen molar-refractivity contribution in [3.8, 4) is 0 Å². The monoisotopic (exact) mass is 404 g/mol. The molecule has 5 nitrogen and oxygen atoms in total. The molecule has 2 aliphatic rings.